The average molecular weight is 343 g/mol. The van der Waals surface area contributed by atoms with Crippen molar-refractivity contribution in [2.45, 2.75) is 13.1 Å². The van der Waals surface area contributed by atoms with E-state index >= 15 is 0 Å². The van der Waals surface area contributed by atoms with Gasteiger partial charge in [0.05, 0.1) is 16.2 Å². The molecule has 0 spiro atoms. The summed E-state index contributed by atoms with van der Waals surface area (Å²) in [7, 11) is 0. The van der Waals surface area contributed by atoms with E-state index in [1.54, 1.807) is 0 Å². The molecule has 24 heavy (non-hydrogen) atoms. The molecule has 1 heterocycles. The number of aromatic nitrogens is 1. The highest BCUT2D eigenvalue weighted by molar-refractivity contribution is 6.05. The third kappa shape index (κ3) is 3.65. The largest absolute Gasteiger partial charge is 0.433 e. The predicted molar refractivity (Wildman–Crippen MR) is 75.0 cm³/mol. The first-order valence-corrected chi connectivity index (χ1v) is 6.39. The van der Waals surface area contributed by atoms with Crippen LogP contribution >= 0.6 is 0 Å². The van der Waals surface area contributed by atoms with E-state index in [0.29, 0.717) is 6.07 Å². The Morgan fingerprint density at radius 1 is 1.25 bits per heavy atom. The van der Waals surface area contributed by atoms with Gasteiger partial charge in [-0.25, -0.2) is 4.98 Å². The number of halogens is 4. The Hall–Kier alpha value is -3.04. The van der Waals surface area contributed by atoms with Gasteiger partial charge in [-0.2, -0.15) is 17.6 Å². The number of nitrogens with one attached hydrogen (secondary N) is 1. The summed E-state index contributed by atoms with van der Waals surface area (Å²) in [5.74, 6) is -1.90. The molecule has 1 N–H and O–H groups in total. The van der Waals surface area contributed by atoms with Crippen molar-refractivity contribution in [1.82, 2.24) is 4.98 Å². The van der Waals surface area contributed by atoms with E-state index in [9.17, 15) is 32.5 Å². The number of alkyl halides is 3. The number of nitro benzene ring substituents is 1. The van der Waals surface area contributed by atoms with Gasteiger partial charge in [-0.1, -0.05) is 0 Å². The summed E-state index contributed by atoms with van der Waals surface area (Å²) in [6.07, 6.45) is -4.64. The molecular weight excluding hydrogens is 334 g/mol. The Balaban J connectivity index is 2.28. The lowest BCUT2D eigenvalue weighted by Gasteiger charge is -2.10. The Morgan fingerprint density at radius 2 is 1.92 bits per heavy atom. The molecule has 6 nitrogen and oxygen atoms in total. The van der Waals surface area contributed by atoms with Crippen LogP contribution in [0.3, 0.4) is 0 Å². The number of benzene rings is 1. The van der Waals surface area contributed by atoms with Crippen molar-refractivity contribution >= 4 is 17.3 Å². The minimum absolute atomic E-state index is 0.0765. The summed E-state index contributed by atoms with van der Waals surface area (Å²) in [6, 6.07) is 4.28. The first-order valence-electron chi connectivity index (χ1n) is 6.39. The molecule has 0 radical (unpaired) electrons. The average Bonchev–Trinajstić information content (AvgIpc) is 2.47. The number of carbonyl (C=O) groups is 1. The first kappa shape index (κ1) is 17.3. The minimum Gasteiger partial charge on any atom is -0.322 e. The van der Waals surface area contributed by atoms with Gasteiger partial charge in [0.2, 0.25) is 5.82 Å². The van der Waals surface area contributed by atoms with Crippen LogP contribution in [0.2, 0.25) is 0 Å². The van der Waals surface area contributed by atoms with E-state index in [2.05, 4.69) is 10.3 Å². The molecule has 0 aliphatic heterocycles. The highest BCUT2D eigenvalue weighted by atomic mass is 19.4. The molecule has 1 amide bonds. The quantitative estimate of drug-likeness (QED) is 0.523. The maximum Gasteiger partial charge on any atom is 0.433 e. The molecule has 0 bridgehead atoms. The molecular formula is C14H9F4N3O3. The Labute approximate surface area is 132 Å². The molecule has 1 aromatic heterocycles. The van der Waals surface area contributed by atoms with Crippen LogP contribution in [0.4, 0.5) is 28.9 Å². The molecule has 0 saturated heterocycles. The first-order chi connectivity index (χ1) is 11.1. The third-order valence-electron chi connectivity index (χ3n) is 3.02. The number of amides is 1. The van der Waals surface area contributed by atoms with Crippen molar-refractivity contribution in [3.8, 4) is 0 Å². The van der Waals surface area contributed by atoms with Crippen molar-refractivity contribution < 1.29 is 27.3 Å². The number of nitro groups is 1. The summed E-state index contributed by atoms with van der Waals surface area (Å²) in [6.45, 7) is 1.22. The summed E-state index contributed by atoms with van der Waals surface area (Å²) >= 11 is 0. The van der Waals surface area contributed by atoms with Crippen LogP contribution in [-0.2, 0) is 6.18 Å². The lowest BCUT2D eigenvalue weighted by molar-refractivity contribution is -0.387. The van der Waals surface area contributed by atoms with Crippen molar-refractivity contribution in [3.05, 3.63) is 63.2 Å². The molecule has 2 rings (SSSR count). The molecule has 0 fully saturated rings. The normalized spacial score (nSPS) is 11.2. The molecule has 1 aromatic carbocycles. The van der Waals surface area contributed by atoms with E-state index in [-0.39, 0.29) is 16.9 Å². The zero-order chi connectivity index (χ0) is 18.1. The van der Waals surface area contributed by atoms with Gasteiger partial charge in [-0.15, -0.1) is 0 Å². The van der Waals surface area contributed by atoms with Crippen molar-refractivity contribution in [2.24, 2.45) is 0 Å². The Morgan fingerprint density at radius 3 is 2.46 bits per heavy atom. The predicted octanol–water partition coefficient (Wildman–Crippen LogP) is 3.71. The van der Waals surface area contributed by atoms with Crippen LogP contribution in [0.15, 0.2) is 30.3 Å². The van der Waals surface area contributed by atoms with Gasteiger partial charge in [0.25, 0.3) is 5.91 Å². The van der Waals surface area contributed by atoms with Gasteiger partial charge >= 0.3 is 11.9 Å². The summed E-state index contributed by atoms with van der Waals surface area (Å²) in [5.41, 5.74) is -2.37. The standard InChI is InChI=1S/C14H9F4N3O3/c1-7-9(3-5-12(19-7)14(16,17)18)13(22)20-8-2-4-10(15)11(6-8)21(23)24/h2-6H,1H3,(H,20,22). The van der Waals surface area contributed by atoms with E-state index in [4.69, 9.17) is 0 Å². The minimum atomic E-state index is -4.64. The van der Waals surface area contributed by atoms with E-state index in [0.717, 1.165) is 24.3 Å². The number of hydrogen-bond acceptors (Lipinski definition) is 4. The van der Waals surface area contributed by atoms with Crippen molar-refractivity contribution in [3.63, 3.8) is 0 Å². The maximum absolute atomic E-state index is 13.2. The van der Waals surface area contributed by atoms with E-state index in [1.165, 1.54) is 6.92 Å². The summed E-state index contributed by atoms with van der Waals surface area (Å²) in [5, 5.41) is 12.9. The van der Waals surface area contributed by atoms with Gasteiger partial charge in [-0.05, 0) is 31.2 Å². The molecule has 0 unspecified atom stereocenters. The van der Waals surface area contributed by atoms with Gasteiger partial charge in [-0.3, -0.25) is 14.9 Å². The maximum atomic E-state index is 13.2. The fourth-order valence-corrected chi connectivity index (χ4v) is 1.89. The smallest absolute Gasteiger partial charge is 0.322 e. The number of anilines is 1. The van der Waals surface area contributed by atoms with Crippen LogP contribution in [0.1, 0.15) is 21.7 Å². The molecule has 0 atom stereocenters. The molecule has 2 aromatic rings. The topological polar surface area (TPSA) is 85.1 Å². The van der Waals surface area contributed by atoms with Gasteiger partial charge in [0, 0.05) is 11.8 Å². The van der Waals surface area contributed by atoms with Gasteiger partial charge in [0.1, 0.15) is 5.69 Å². The zero-order valence-electron chi connectivity index (χ0n) is 12.0. The lowest BCUT2D eigenvalue weighted by atomic mass is 10.1. The van der Waals surface area contributed by atoms with Gasteiger partial charge in [0.15, 0.2) is 0 Å². The third-order valence-corrected chi connectivity index (χ3v) is 3.02. The number of hydrogen-bond donors (Lipinski definition) is 1. The number of rotatable bonds is 3. The van der Waals surface area contributed by atoms with E-state index < -0.39 is 34.2 Å². The number of carbonyl (C=O) groups excluding carboxylic acids is 1. The summed E-state index contributed by atoms with van der Waals surface area (Å²) in [4.78, 5) is 25.1. The summed E-state index contributed by atoms with van der Waals surface area (Å²) < 4.78 is 50.9. The van der Waals surface area contributed by atoms with Crippen molar-refractivity contribution in [1.29, 1.82) is 0 Å². The monoisotopic (exact) mass is 343 g/mol. The highest BCUT2D eigenvalue weighted by Gasteiger charge is 2.33. The molecule has 0 aliphatic carbocycles. The Bertz CT molecular complexity index is 821. The molecule has 0 aliphatic rings. The number of nitrogens with zero attached hydrogens (tertiary/aromatic N) is 2. The van der Waals surface area contributed by atoms with Crippen LogP contribution < -0.4 is 5.32 Å². The second-order valence-corrected chi connectivity index (χ2v) is 4.70. The van der Waals surface area contributed by atoms with Crippen molar-refractivity contribution in [2.75, 3.05) is 5.32 Å². The fourth-order valence-electron chi connectivity index (χ4n) is 1.89. The second kappa shape index (κ2) is 6.22. The van der Waals surface area contributed by atoms with Crippen LogP contribution in [-0.4, -0.2) is 15.8 Å². The highest BCUT2D eigenvalue weighted by Crippen LogP contribution is 2.28. The van der Waals surface area contributed by atoms with Gasteiger partial charge < -0.3 is 5.32 Å². The SMILES string of the molecule is Cc1nc(C(F)(F)F)ccc1C(=O)Nc1ccc(F)c([N+](=O)[O-])c1. The zero-order valence-corrected chi connectivity index (χ0v) is 12.0. The molecule has 10 heteroatoms. The number of aryl methyl sites for hydroxylation is 1. The lowest BCUT2D eigenvalue weighted by Crippen LogP contribution is -2.16. The molecule has 126 valence electrons. The number of pyridine rings is 1. The van der Waals surface area contributed by atoms with E-state index in [1.807, 2.05) is 0 Å². The second-order valence-electron chi connectivity index (χ2n) is 4.70. The molecule has 0 saturated carbocycles. The Kier molecular flexibility index (Phi) is 4.49. The van der Waals surface area contributed by atoms with Crippen LogP contribution in [0.5, 0.6) is 0 Å². The fraction of sp³-hybridized carbons (Fsp3) is 0.143. The van der Waals surface area contributed by atoms with Crippen LogP contribution in [0.25, 0.3) is 0 Å². The van der Waals surface area contributed by atoms with Crippen LogP contribution in [0, 0.1) is 22.9 Å².